The number of fused-ring (bicyclic) bond motifs is 1. The van der Waals surface area contributed by atoms with Crippen LogP contribution in [0.1, 0.15) is 27.5 Å². The van der Waals surface area contributed by atoms with E-state index in [0.29, 0.717) is 22.3 Å². The van der Waals surface area contributed by atoms with Gasteiger partial charge in [-0.05, 0) is 32.9 Å². The summed E-state index contributed by atoms with van der Waals surface area (Å²) >= 11 is 1.30. The van der Waals surface area contributed by atoms with Crippen LogP contribution in [0, 0.1) is 20.8 Å². The van der Waals surface area contributed by atoms with E-state index in [1.54, 1.807) is 23.0 Å². The maximum absolute atomic E-state index is 12.7. The summed E-state index contributed by atoms with van der Waals surface area (Å²) in [5, 5.41) is 8.87. The Morgan fingerprint density at radius 2 is 2.12 bits per heavy atom. The minimum Gasteiger partial charge on any atom is -0.360 e. The van der Waals surface area contributed by atoms with Crippen LogP contribution in [0.15, 0.2) is 40.3 Å². The highest BCUT2D eigenvalue weighted by atomic mass is 32.2. The molecule has 132 valence electrons. The lowest BCUT2D eigenvalue weighted by Gasteiger charge is -2.04. The fourth-order valence-electron chi connectivity index (χ4n) is 2.84. The molecule has 0 atom stereocenters. The quantitative estimate of drug-likeness (QED) is 0.395. The van der Waals surface area contributed by atoms with Crippen LogP contribution in [-0.2, 0) is 0 Å². The molecule has 0 N–H and O–H groups in total. The van der Waals surface area contributed by atoms with Crippen LogP contribution >= 0.6 is 11.8 Å². The minimum atomic E-state index is 0.0152. The van der Waals surface area contributed by atoms with E-state index >= 15 is 0 Å². The molecule has 0 amide bonds. The number of nitrogens with zero attached hydrogens (tertiary/aromatic N) is 6. The van der Waals surface area contributed by atoms with Gasteiger partial charge in [0, 0.05) is 35.4 Å². The van der Waals surface area contributed by atoms with Crippen molar-refractivity contribution in [2.45, 2.75) is 25.9 Å². The van der Waals surface area contributed by atoms with Crippen molar-refractivity contribution in [2.24, 2.45) is 0 Å². The zero-order chi connectivity index (χ0) is 18.3. The Bertz CT molecular complexity index is 1080. The van der Waals surface area contributed by atoms with Crippen LogP contribution in [0.25, 0.3) is 11.6 Å². The Labute approximate surface area is 153 Å². The third kappa shape index (κ3) is 2.90. The highest BCUT2D eigenvalue weighted by Crippen LogP contribution is 2.23. The second-order valence-electron chi connectivity index (χ2n) is 5.89. The van der Waals surface area contributed by atoms with Gasteiger partial charge in [-0.2, -0.15) is 4.98 Å². The minimum absolute atomic E-state index is 0.0152. The molecule has 4 heterocycles. The number of hydrogen-bond donors (Lipinski definition) is 0. The fraction of sp³-hybridized carbons (Fsp3) is 0.235. The third-order valence-electron chi connectivity index (χ3n) is 4.01. The molecule has 0 saturated heterocycles. The first-order valence-corrected chi connectivity index (χ1v) is 8.97. The molecule has 0 aliphatic carbocycles. The maximum Gasteiger partial charge on any atom is 0.253 e. The maximum atomic E-state index is 12.7. The van der Waals surface area contributed by atoms with E-state index in [0.717, 1.165) is 17.1 Å². The SMILES string of the molecule is Cc1cc(-n2c(C)cc(C(=O)CSc3nc4ncccn4n3)c2C)no1. The summed E-state index contributed by atoms with van der Waals surface area (Å²) in [6.07, 6.45) is 3.43. The molecule has 4 rings (SSSR count). The highest BCUT2D eigenvalue weighted by Gasteiger charge is 2.19. The fourth-order valence-corrected chi connectivity index (χ4v) is 3.55. The lowest BCUT2D eigenvalue weighted by Crippen LogP contribution is -2.06. The number of hydrogen-bond acceptors (Lipinski definition) is 7. The number of rotatable bonds is 5. The molecule has 0 unspecified atom stereocenters. The molecular formula is C17H16N6O2S. The summed E-state index contributed by atoms with van der Waals surface area (Å²) in [5.41, 5.74) is 2.43. The zero-order valence-corrected chi connectivity index (χ0v) is 15.3. The zero-order valence-electron chi connectivity index (χ0n) is 14.5. The number of aromatic nitrogens is 6. The Kier molecular flexibility index (Phi) is 4.08. The van der Waals surface area contributed by atoms with Crippen LogP contribution in [0.4, 0.5) is 0 Å². The molecule has 0 aromatic carbocycles. The molecule has 0 spiro atoms. The Morgan fingerprint density at radius 3 is 2.85 bits per heavy atom. The molecule has 0 saturated carbocycles. The largest absolute Gasteiger partial charge is 0.360 e. The van der Waals surface area contributed by atoms with Crippen molar-refractivity contribution in [3.05, 3.63) is 53.3 Å². The number of Topliss-reactive ketones (excluding diaryl/α,β-unsaturated/α-hetero) is 1. The first-order valence-electron chi connectivity index (χ1n) is 7.99. The molecule has 0 aliphatic heterocycles. The first-order chi connectivity index (χ1) is 12.5. The molecule has 8 nitrogen and oxygen atoms in total. The molecule has 26 heavy (non-hydrogen) atoms. The van der Waals surface area contributed by atoms with E-state index in [4.69, 9.17) is 4.52 Å². The summed E-state index contributed by atoms with van der Waals surface area (Å²) in [7, 11) is 0. The van der Waals surface area contributed by atoms with Crippen LogP contribution < -0.4 is 0 Å². The molecule has 0 aliphatic rings. The van der Waals surface area contributed by atoms with Crippen molar-refractivity contribution in [3.63, 3.8) is 0 Å². The summed E-state index contributed by atoms with van der Waals surface area (Å²) < 4.78 is 8.66. The Balaban J connectivity index is 1.55. The average Bonchev–Trinajstić information content (AvgIpc) is 3.30. The molecule has 0 radical (unpaired) electrons. The summed E-state index contributed by atoms with van der Waals surface area (Å²) in [6, 6.07) is 5.50. The summed E-state index contributed by atoms with van der Waals surface area (Å²) in [6.45, 7) is 5.68. The summed E-state index contributed by atoms with van der Waals surface area (Å²) in [5.74, 6) is 2.18. The van der Waals surface area contributed by atoms with E-state index in [2.05, 4.69) is 20.2 Å². The van der Waals surface area contributed by atoms with Gasteiger partial charge in [0.1, 0.15) is 5.76 Å². The van der Waals surface area contributed by atoms with Crippen molar-refractivity contribution < 1.29 is 9.32 Å². The van der Waals surface area contributed by atoms with Crippen LogP contribution in [0.2, 0.25) is 0 Å². The van der Waals surface area contributed by atoms with Gasteiger partial charge in [-0.1, -0.05) is 16.9 Å². The highest BCUT2D eigenvalue weighted by molar-refractivity contribution is 7.99. The second kappa shape index (κ2) is 6.41. The molecule has 4 aromatic rings. The van der Waals surface area contributed by atoms with Crippen molar-refractivity contribution in [1.82, 2.24) is 29.3 Å². The molecule has 9 heteroatoms. The van der Waals surface area contributed by atoms with Gasteiger partial charge in [-0.15, -0.1) is 5.10 Å². The van der Waals surface area contributed by atoms with Crippen LogP contribution in [-0.4, -0.2) is 40.8 Å². The van der Waals surface area contributed by atoms with Gasteiger partial charge in [-0.25, -0.2) is 9.50 Å². The monoisotopic (exact) mass is 368 g/mol. The van der Waals surface area contributed by atoms with E-state index in [9.17, 15) is 4.79 Å². The van der Waals surface area contributed by atoms with Crippen molar-refractivity contribution in [3.8, 4) is 5.82 Å². The van der Waals surface area contributed by atoms with E-state index in [1.165, 1.54) is 11.8 Å². The number of aryl methyl sites for hydroxylation is 2. The smallest absolute Gasteiger partial charge is 0.253 e. The summed E-state index contributed by atoms with van der Waals surface area (Å²) in [4.78, 5) is 21.1. The normalized spacial score (nSPS) is 11.3. The number of thioether (sulfide) groups is 1. The standard InChI is InChI=1S/C17H16N6O2S/c1-10-7-13(12(3)23(10)15-8-11(2)25-21-15)14(24)9-26-17-19-16-18-5-4-6-22(16)20-17/h4-8H,9H2,1-3H3. The van der Waals surface area contributed by atoms with E-state index in [1.807, 2.05) is 37.5 Å². The van der Waals surface area contributed by atoms with Crippen molar-refractivity contribution in [1.29, 1.82) is 0 Å². The van der Waals surface area contributed by atoms with Gasteiger partial charge in [0.25, 0.3) is 5.78 Å². The number of carbonyl (C=O) groups is 1. The predicted molar refractivity (Wildman–Crippen MR) is 95.9 cm³/mol. The molecule has 4 aromatic heterocycles. The average molecular weight is 368 g/mol. The molecular weight excluding hydrogens is 352 g/mol. The Morgan fingerprint density at radius 1 is 1.27 bits per heavy atom. The topological polar surface area (TPSA) is 91.1 Å². The van der Waals surface area contributed by atoms with Gasteiger partial charge >= 0.3 is 0 Å². The Hall–Kier alpha value is -2.94. The number of ketones is 1. The third-order valence-corrected chi connectivity index (χ3v) is 4.84. The van der Waals surface area contributed by atoms with Gasteiger partial charge < -0.3 is 4.52 Å². The second-order valence-corrected chi connectivity index (χ2v) is 6.83. The lowest BCUT2D eigenvalue weighted by atomic mass is 10.2. The van der Waals surface area contributed by atoms with Crippen molar-refractivity contribution in [2.75, 3.05) is 5.75 Å². The van der Waals surface area contributed by atoms with Gasteiger partial charge in [0.2, 0.25) is 5.16 Å². The molecule has 0 bridgehead atoms. The van der Waals surface area contributed by atoms with Crippen LogP contribution in [0.5, 0.6) is 0 Å². The van der Waals surface area contributed by atoms with E-state index < -0.39 is 0 Å². The van der Waals surface area contributed by atoms with Gasteiger partial charge in [-0.3, -0.25) is 9.36 Å². The predicted octanol–water partition coefficient (Wildman–Crippen LogP) is 2.80. The first kappa shape index (κ1) is 16.5. The van der Waals surface area contributed by atoms with Gasteiger partial charge in [0.15, 0.2) is 11.6 Å². The van der Waals surface area contributed by atoms with E-state index in [-0.39, 0.29) is 11.5 Å². The lowest BCUT2D eigenvalue weighted by molar-refractivity contribution is 0.102. The molecule has 0 fully saturated rings. The number of carbonyl (C=O) groups excluding carboxylic acids is 1. The van der Waals surface area contributed by atoms with Gasteiger partial charge in [0.05, 0.1) is 5.75 Å². The van der Waals surface area contributed by atoms with Crippen LogP contribution in [0.3, 0.4) is 0 Å². The van der Waals surface area contributed by atoms with Crippen molar-refractivity contribution >= 4 is 23.3 Å².